The first kappa shape index (κ1) is 13.3. The molecule has 0 aliphatic carbocycles. The van der Waals surface area contributed by atoms with Crippen molar-refractivity contribution in [2.75, 3.05) is 11.4 Å². The molecule has 18 heavy (non-hydrogen) atoms. The van der Waals surface area contributed by atoms with Crippen LogP contribution in [0.4, 0.5) is 5.69 Å². The summed E-state index contributed by atoms with van der Waals surface area (Å²) in [5.74, 6) is 0.748. The zero-order valence-corrected chi connectivity index (χ0v) is 12.0. The van der Waals surface area contributed by atoms with E-state index in [0.29, 0.717) is 12.6 Å². The molecular weight excluding hydrogens is 222 g/mol. The van der Waals surface area contributed by atoms with Crippen molar-refractivity contribution in [2.45, 2.75) is 53.1 Å². The maximum Gasteiger partial charge on any atom is 0.0450 e. The molecule has 0 amide bonds. The van der Waals surface area contributed by atoms with Gasteiger partial charge in [-0.15, -0.1) is 0 Å². The maximum absolute atomic E-state index is 5.92. The Morgan fingerprint density at radius 3 is 2.78 bits per heavy atom. The Morgan fingerprint density at radius 1 is 1.39 bits per heavy atom. The fourth-order valence-corrected chi connectivity index (χ4v) is 3.02. The lowest BCUT2D eigenvalue weighted by Crippen LogP contribution is -2.43. The molecule has 1 aliphatic heterocycles. The SMILES string of the molecule is Cc1cc(N2CCCC(C)C2C)c(CN)c(C)n1. The highest BCUT2D eigenvalue weighted by molar-refractivity contribution is 5.57. The van der Waals surface area contributed by atoms with Gasteiger partial charge in [0.25, 0.3) is 0 Å². The van der Waals surface area contributed by atoms with Gasteiger partial charge in [0.1, 0.15) is 0 Å². The molecule has 3 nitrogen and oxygen atoms in total. The van der Waals surface area contributed by atoms with Crippen molar-refractivity contribution in [1.82, 2.24) is 4.98 Å². The summed E-state index contributed by atoms with van der Waals surface area (Å²) in [6, 6.07) is 2.79. The van der Waals surface area contributed by atoms with E-state index in [2.05, 4.69) is 43.6 Å². The second kappa shape index (κ2) is 5.27. The molecule has 0 aromatic carbocycles. The highest BCUT2D eigenvalue weighted by Crippen LogP contribution is 2.32. The second-order valence-corrected chi connectivity index (χ2v) is 5.60. The van der Waals surface area contributed by atoms with Crippen LogP contribution in [0.25, 0.3) is 0 Å². The first-order chi connectivity index (χ1) is 8.54. The van der Waals surface area contributed by atoms with Crippen LogP contribution in [0.3, 0.4) is 0 Å². The van der Waals surface area contributed by atoms with Gasteiger partial charge in [0.2, 0.25) is 0 Å². The van der Waals surface area contributed by atoms with E-state index < -0.39 is 0 Å². The lowest BCUT2D eigenvalue weighted by Gasteiger charge is -2.40. The van der Waals surface area contributed by atoms with Crippen LogP contribution in [-0.2, 0) is 6.54 Å². The Hall–Kier alpha value is -1.09. The monoisotopic (exact) mass is 247 g/mol. The van der Waals surface area contributed by atoms with Gasteiger partial charge in [-0.25, -0.2) is 0 Å². The summed E-state index contributed by atoms with van der Waals surface area (Å²) in [5.41, 5.74) is 10.6. The van der Waals surface area contributed by atoms with E-state index in [4.69, 9.17) is 5.73 Å². The summed E-state index contributed by atoms with van der Waals surface area (Å²) < 4.78 is 0. The van der Waals surface area contributed by atoms with Crippen LogP contribution in [0.15, 0.2) is 6.07 Å². The van der Waals surface area contributed by atoms with E-state index >= 15 is 0 Å². The standard InChI is InChI=1S/C15H25N3/c1-10-6-5-7-18(13(10)4)15-8-11(2)17-12(3)14(15)9-16/h8,10,13H,5-7,9,16H2,1-4H3. The molecule has 1 aromatic rings. The number of nitrogens with zero attached hydrogens (tertiary/aromatic N) is 2. The lowest BCUT2D eigenvalue weighted by atomic mass is 9.91. The maximum atomic E-state index is 5.92. The quantitative estimate of drug-likeness (QED) is 0.874. The molecule has 100 valence electrons. The van der Waals surface area contributed by atoms with Crippen LogP contribution < -0.4 is 10.6 Å². The van der Waals surface area contributed by atoms with Gasteiger partial charge in [0.05, 0.1) is 0 Å². The first-order valence-electron chi connectivity index (χ1n) is 6.98. The Labute approximate surface area is 110 Å². The molecule has 2 N–H and O–H groups in total. The molecule has 3 heteroatoms. The third kappa shape index (κ3) is 2.37. The molecule has 0 radical (unpaired) electrons. The van der Waals surface area contributed by atoms with E-state index in [1.165, 1.54) is 24.1 Å². The predicted molar refractivity (Wildman–Crippen MR) is 76.8 cm³/mol. The summed E-state index contributed by atoms with van der Waals surface area (Å²) in [4.78, 5) is 7.06. The van der Waals surface area contributed by atoms with Crippen LogP contribution in [0, 0.1) is 19.8 Å². The van der Waals surface area contributed by atoms with Crippen molar-refractivity contribution >= 4 is 5.69 Å². The van der Waals surface area contributed by atoms with E-state index in [0.717, 1.165) is 23.9 Å². The van der Waals surface area contributed by atoms with Gasteiger partial charge in [-0.3, -0.25) is 4.98 Å². The van der Waals surface area contributed by atoms with Crippen molar-refractivity contribution in [1.29, 1.82) is 0 Å². The average Bonchev–Trinajstić information content (AvgIpc) is 2.32. The Kier molecular flexibility index (Phi) is 3.91. The molecule has 0 saturated carbocycles. The smallest absolute Gasteiger partial charge is 0.0450 e. The average molecular weight is 247 g/mol. The summed E-state index contributed by atoms with van der Waals surface area (Å²) >= 11 is 0. The lowest BCUT2D eigenvalue weighted by molar-refractivity contribution is 0.363. The Balaban J connectivity index is 2.43. The zero-order chi connectivity index (χ0) is 13.3. The molecule has 1 saturated heterocycles. The Morgan fingerprint density at radius 2 is 2.11 bits per heavy atom. The van der Waals surface area contributed by atoms with Gasteiger partial charge in [-0.05, 0) is 45.6 Å². The molecule has 2 atom stereocenters. The van der Waals surface area contributed by atoms with Crippen LogP contribution >= 0.6 is 0 Å². The second-order valence-electron chi connectivity index (χ2n) is 5.60. The van der Waals surface area contributed by atoms with Crippen molar-refractivity contribution in [3.8, 4) is 0 Å². The van der Waals surface area contributed by atoms with E-state index in [9.17, 15) is 0 Å². The minimum atomic E-state index is 0.575. The van der Waals surface area contributed by atoms with Crippen LogP contribution in [0.5, 0.6) is 0 Å². The highest BCUT2D eigenvalue weighted by Gasteiger charge is 2.26. The molecule has 2 heterocycles. The normalized spacial score (nSPS) is 24.4. The van der Waals surface area contributed by atoms with Crippen molar-refractivity contribution in [2.24, 2.45) is 11.7 Å². The van der Waals surface area contributed by atoms with E-state index in [1.807, 2.05) is 0 Å². The minimum Gasteiger partial charge on any atom is -0.368 e. The molecule has 0 bridgehead atoms. The van der Waals surface area contributed by atoms with Gasteiger partial charge >= 0.3 is 0 Å². The predicted octanol–water partition coefficient (Wildman–Crippen LogP) is 2.78. The number of hydrogen-bond acceptors (Lipinski definition) is 3. The Bertz CT molecular complexity index is 428. The molecule has 2 unspecified atom stereocenters. The zero-order valence-electron chi connectivity index (χ0n) is 12.0. The molecule has 1 aromatic heterocycles. The number of rotatable bonds is 2. The molecular formula is C15H25N3. The van der Waals surface area contributed by atoms with Gasteiger partial charge in [-0.1, -0.05) is 6.92 Å². The first-order valence-corrected chi connectivity index (χ1v) is 6.98. The number of aromatic nitrogens is 1. The fourth-order valence-electron chi connectivity index (χ4n) is 3.02. The van der Waals surface area contributed by atoms with Crippen LogP contribution in [0.1, 0.15) is 43.6 Å². The third-order valence-electron chi connectivity index (χ3n) is 4.32. The highest BCUT2D eigenvalue weighted by atomic mass is 15.2. The third-order valence-corrected chi connectivity index (χ3v) is 4.32. The van der Waals surface area contributed by atoms with Crippen molar-refractivity contribution < 1.29 is 0 Å². The number of pyridine rings is 1. The van der Waals surface area contributed by atoms with E-state index in [1.54, 1.807) is 0 Å². The number of anilines is 1. The molecule has 0 spiro atoms. The number of piperidine rings is 1. The van der Waals surface area contributed by atoms with Crippen LogP contribution in [-0.4, -0.2) is 17.6 Å². The molecule has 1 fully saturated rings. The number of nitrogens with two attached hydrogens (primary N) is 1. The topological polar surface area (TPSA) is 42.1 Å². The minimum absolute atomic E-state index is 0.575. The van der Waals surface area contributed by atoms with E-state index in [-0.39, 0.29) is 0 Å². The fraction of sp³-hybridized carbons (Fsp3) is 0.667. The van der Waals surface area contributed by atoms with Gasteiger partial charge in [-0.2, -0.15) is 0 Å². The van der Waals surface area contributed by atoms with Crippen molar-refractivity contribution in [3.05, 3.63) is 23.0 Å². The van der Waals surface area contributed by atoms with Gasteiger partial charge < -0.3 is 10.6 Å². The molecule has 2 rings (SSSR count). The summed E-state index contributed by atoms with van der Waals surface area (Å²) in [6.07, 6.45) is 2.61. The van der Waals surface area contributed by atoms with Gasteiger partial charge in [0, 0.05) is 41.8 Å². The number of aryl methyl sites for hydroxylation is 2. The van der Waals surface area contributed by atoms with Crippen molar-refractivity contribution in [3.63, 3.8) is 0 Å². The summed E-state index contributed by atoms with van der Waals surface area (Å²) in [5, 5.41) is 0. The van der Waals surface area contributed by atoms with Gasteiger partial charge in [0.15, 0.2) is 0 Å². The summed E-state index contributed by atoms with van der Waals surface area (Å²) in [7, 11) is 0. The largest absolute Gasteiger partial charge is 0.368 e. The summed E-state index contributed by atoms with van der Waals surface area (Å²) in [6.45, 7) is 10.5. The number of hydrogen-bond donors (Lipinski definition) is 1. The molecule has 1 aliphatic rings. The van der Waals surface area contributed by atoms with Crippen LogP contribution in [0.2, 0.25) is 0 Å².